The molecule has 0 unspecified atom stereocenters. The number of benzene rings is 2. The van der Waals surface area contributed by atoms with E-state index < -0.39 is 0 Å². The number of para-hydroxylation sites is 1. The van der Waals surface area contributed by atoms with E-state index in [1.54, 1.807) is 18.2 Å². The van der Waals surface area contributed by atoms with Gasteiger partial charge in [0.15, 0.2) is 0 Å². The van der Waals surface area contributed by atoms with Gasteiger partial charge in [0.25, 0.3) is 0 Å². The number of morpholine rings is 1. The summed E-state index contributed by atoms with van der Waals surface area (Å²) < 4.78 is 19.0. The minimum Gasteiger partial charge on any atom is -0.378 e. The monoisotopic (exact) mass is 394 g/mol. The maximum atomic E-state index is 13.6. The number of ether oxygens (including phenoxy) is 1. The molecule has 26 heavy (non-hydrogen) atoms. The maximum Gasteiger partial charge on any atom is 0.225 e. The smallest absolute Gasteiger partial charge is 0.225 e. The van der Waals surface area contributed by atoms with Crippen LogP contribution in [0, 0.1) is 5.82 Å². The van der Waals surface area contributed by atoms with Gasteiger partial charge in [-0.2, -0.15) is 0 Å². The highest BCUT2D eigenvalue weighted by atomic mass is 35.5. The summed E-state index contributed by atoms with van der Waals surface area (Å²) in [6.07, 6.45) is 0.286. The molecule has 3 rings (SSSR count). The summed E-state index contributed by atoms with van der Waals surface area (Å²) in [5.74, 6) is 0.119. The van der Waals surface area contributed by atoms with Crippen LogP contribution in [0.3, 0.4) is 0 Å². The van der Waals surface area contributed by atoms with Gasteiger partial charge < -0.3 is 15.0 Å². The summed E-state index contributed by atoms with van der Waals surface area (Å²) in [4.78, 5) is 15.0. The van der Waals surface area contributed by atoms with Crippen molar-refractivity contribution in [2.75, 3.05) is 42.3 Å². The Morgan fingerprint density at radius 1 is 1.19 bits per heavy atom. The summed E-state index contributed by atoms with van der Waals surface area (Å²) in [5.41, 5.74) is 1.52. The Kier molecular flexibility index (Phi) is 6.77. The predicted molar refractivity (Wildman–Crippen MR) is 105 cm³/mol. The summed E-state index contributed by atoms with van der Waals surface area (Å²) in [7, 11) is 0. The zero-order chi connectivity index (χ0) is 18.4. The van der Waals surface area contributed by atoms with Gasteiger partial charge in [0.05, 0.1) is 29.6 Å². The second-order valence-corrected chi connectivity index (χ2v) is 7.36. The summed E-state index contributed by atoms with van der Waals surface area (Å²) in [6.45, 7) is 2.74. The van der Waals surface area contributed by atoms with Crippen molar-refractivity contribution in [3.63, 3.8) is 0 Å². The second kappa shape index (κ2) is 9.26. The highest BCUT2D eigenvalue weighted by molar-refractivity contribution is 7.99. The van der Waals surface area contributed by atoms with E-state index in [1.165, 1.54) is 17.8 Å². The van der Waals surface area contributed by atoms with Crippen LogP contribution in [0.2, 0.25) is 5.02 Å². The molecule has 0 atom stereocenters. The third-order valence-corrected chi connectivity index (χ3v) is 5.37. The SMILES string of the molecule is O=C(CCSc1ccccc1F)Nc1cccc(Cl)c1N1CCOCC1. The van der Waals surface area contributed by atoms with Crippen LogP contribution in [0.15, 0.2) is 47.4 Å². The van der Waals surface area contributed by atoms with Gasteiger partial charge in [0.2, 0.25) is 5.91 Å². The van der Waals surface area contributed by atoms with Gasteiger partial charge in [-0.3, -0.25) is 4.79 Å². The van der Waals surface area contributed by atoms with Crippen LogP contribution in [0.5, 0.6) is 0 Å². The molecule has 0 saturated carbocycles. The van der Waals surface area contributed by atoms with Crippen LogP contribution in [0.1, 0.15) is 6.42 Å². The van der Waals surface area contributed by atoms with Crippen LogP contribution in [0.4, 0.5) is 15.8 Å². The van der Waals surface area contributed by atoms with Gasteiger partial charge in [-0.25, -0.2) is 4.39 Å². The van der Waals surface area contributed by atoms with Crippen molar-refractivity contribution in [2.45, 2.75) is 11.3 Å². The number of nitrogens with zero attached hydrogens (tertiary/aromatic N) is 1. The van der Waals surface area contributed by atoms with Crippen LogP contribution >= 0.6 is 23.4 Å². The van der Waals surface area contributed by atoms with Crippen LogP contribution in [-0.2, 0) is 9.53 Å². The maximum absolute atomic E-state index is 13.6. The van der Waals surface area contributed by atoms with Crippen molar-refractivity contribution in [1.29, 1.82) is 0 Å². The lowest BCUT2D eigenvalue weighted by Crippen LogP contribution is -2.37. The zero-order valence-corrected chi connectivity index (χ0v) is 15.8. The molecule has 1 aliphatic rings. The van der Waals surface area contributed by atoms with Crippen LogP contribution in [0.25, 0.3) is 0 Å². The third kappa shape index (κ3) is 4.90. The molecule has 2 aromatic carbocycles. The second-order valence-electron chi connectivity index (χ2n) is 5.81. The summed E-state index contributed by atoms with van der Waals surface area (Å²) in [5, 5.41) is 3.54. The fourth-order valence-electron chi connectivity index (χ4n) is 2.75. The molecule has 2 aromatic rings. The van der Waals surface area contributed by atoms with Crippen molar-refractivity contribution in [1.82, 2.24) is 0 Å². The Labute approximate surface area is 161 Å². The number of thioether (sulfide) groups is 1. The van der Waals surface area contributed by atoms with Crippen molar-refractivity contribution >= 4 is 40.6 Å². The molecule has 1 saturated heterocycles. The Hall–Kier alpha value is -1.76. The molecule has 1 aliphatic heterocycles. The first kappa shape index (κ1) is 19.0. The van der Waals surface area contributed by atoms with Crippen molar-refractivity contribution in [3.05, 3.63) is 53.3 Å². The minimum absolute atomic E-state index is 0.120. The largest absolute Gasteiger partial charge is 0.378 e. The fourth-order valence-corrected chi connectivity index (χ4v) is 3.93. The molecule has 0 spiro atoms. The van der Waals surface area contributed by atoms with E-state index in [0.29, 0.717) is 34.6 Å². The lowest BCUT2D eigenvalue weighted by Gasteiger charge is -2.31. The van der Waals surface area contributed by atoms with Crippen molar-refractivity contribution < 1.29 is 13.9 Å². The molecule has 138 valence electrons. The van der Waals surface area contributed by atoms with Crippen LogP contribution < -0.4 is 10.2 Å². The van der Waals surface area contributed by atoms with Gasteiger partial charge in [-0.15, -0.1) is 11.8 Å². The van der Waals surface area contributed by atoms with E-state index in [0.717, 1.165) is 18.8 Å². The number of hydrogen-bond donors (Lipinski definition) is 1. The topological polar surface area (TPSA) is 41.6 Å². The van der Waals surface area contributed by atoms with Gasteiger partial charge >= 0.3 is 0 Å². The lowest BCUT2D eigenvalue weighted by atomic mass is 10.2. The molecule has 0 bridgehead atoms. The molecule has 1 N–H and O–H groups in total. The van der Waals surface area contributed by atoms with Gasteiger partial charge in [0, 0.05) is 30.2 Å². The van der Waals surface area contributed by atoms with E-state index in [2.05, 4.69) is 10.2 Å². The van der Waals surface area contributed by atoms with Crippen LogP contribution in [-0.4, -0.2) is 38.0 Å². The molecule has 0 aliphatic carbocycles. The lowest BCUT2D eigenvalue weighted by molar-refractivity contribution is -0.115. The number of amides is 1. The average molecular weight is 395 g/mol. The van der Waals surface area contributed by atoms with E-state index in [1.807, 2.05) is 18.2 Å². The van der Waals surface area contributed by atoms with Gasteiger partial charge in [-0.1, -0.05) is 29.8 Å². The Morgan fingerprint density at radius 3 is 2.73 bits per heavy atom. The van der Waals surface area contributed by atoms with E-state index >= 15 is 0 Å². The van der Waals surface area contributed by atoms with Gasteiger partial charge in [0.1, 0.15) is 5.82 Å². The number of carbonyl (C=O) groups excluding carboxylic acids is 1. The molecule has 1 fully saturated rings. The summed E-state index contributed by atoms with van der Waals surface area (Å²) in [6, 6.07) is 12.0. The molecule has 1 heterocycles. The minimum atomic E-state index is -0.262. The third-order valence-electron chi connectivity index (χ3n) is 4.01. The van der Waals surface area contributed by atoms with E-state index in [-0.39, 0.29) is 18.1 Å². The number of carbonyl (C=O) groups is 1. The number of halogens is 2. The first-order chi connectivity index (χ1) is 12.6. The fraction of sp³-hybridized carbons (Fsp3) is 0.316. The quantitative estimate of drug-likeness (QED) is 0.735. The van der Waals surface area contributed by atoms with Crippen molar-refractivity contribution in [2.24, 2.45) is 0 Å². The summed E-state index contributed by atoms with van der Waals surface area (Å²) >= 11 is 7.70. The molecular weight excluding hydrogens is 375 g/mol. The highest BCUT2D eigenvalue weighted by Gasteiger charge is 2.19. The number of hydrogen-bond acceptors (Lipinski definition) is 4. The average Bonchev–Trinajstić information content (AvgIpc) is 2.64. The van der Waals surface area contributed by atoms with Crippen molar-refractivity contribution in [3.8, 4) is 0 Å². The first-order valence-corrected chi connectivity index (χ1v) is 9.80. The number of nitrogens with one attached hydrogen (secondary N) is 1. The Balaban J connectivity index is 1.60. The Morgan fingerprint density at radius 2 is 1.96 bits per heavy atom. The highest BCUT2D eigenvalue weighted by Crippen LogP contribution is 2.34. The van der Waals surface area contributed by atoms with E-state index in [9.17, 15) is 9.18 Å². The molecule has 7 heteroatoms. The Bertz CT molecular complexity index is 769. The standard InChI is InChI=1S/C19H20ClFN2O2S/c20-14-4-3-6-16(19(14)23-9-11-25-12-10-23)22-18(24)8-13-26-17-7-2-1-5-15(17)21/h1-7H,8-13H2,(H,22,24). The zero-order valence-electron chi connectivity index (χ0n) is 14.2. The molecular formula is C19H20ClFN2O2S. The van der Waals surface area contributed by atoms with Gasteiger partial charge in [-0.05, 0) is 24.3 Å². The molecule has 1 amide bonds. The number of anilines is 2. The molecule has 0 radical (unpaired) electrons. The predicted octanol–water partition coefficient (Wildman–Crippen LogP) is 4.44. The normalized spacial score (nSPS) is 14.3. The van der Waals surface area contributed by atoms with E-state index in [4.69, 9.17) is 16.3 Å². The molecule has 0 aromatic heterocycles. The first-order valence-electron chi connectivity index (χ1n) is 8.43. The number of rotatable bonds is 6. The molecule has 4 nitrogen and oxygen atoms in total.